The van der Waals surface area contributed by atoms with E-state index in [9.17, 15) is 28.3 Å². The lowest BCUT2D eigenvalue weighted by molar-refractivity contribution is -0.141. The van der Waals surface area contributed by atoms with Gasteiger partial charge >= 0.3 is 6.09 Å². The summed E-state index contributed by atoms with van der Waals surface area (Å²) in [6.45, 7) is -0.636. The van der Waals surface area contributed by atoms with E-state index in [4.69, 9.17) is 14.4 Å². The molecule has 2 aliphatic rings. The van der Waals surface area contributed by atoms with Gasteiger partial charge < -0.3 is 24.4 Å². The van der Waals surface area contributed by atoms with Crippen LogP contribution in [0.5, 0.6) is 0 Å². The first-order chi connectivity index (χ1) is 15.8. The molecule has 33 heavy (non-hydrogen) atoms. The molecule has 4 rings (SSSR count). The number of amides is 2. The number of carbonyl (C=O) groups is 2. The maximum atomic E-state index is 14.9. The molecule has 10 nitrogen and oxygen atoms in total. The van der Waals surface area contributed by atoms with Crippen LogP contribution < -0.4 is 10.5 Å². The Labute approximate surface area is 185 Å². The second-order valence-corrected chi connectivity index (χ2v) is 7.67. The zero-order valence-corrected chi connectivity index (χ0v) is 17.3. The van der Waals surface area contributed by atoms with E-state index in [2.05, 4.69) is 0 Å². The van der Waals surface area contributed by atoms with Crippen molar-refractivity contribution < 1.29 is 37.8 Å². The van der Waals surface area contributed by atoms with Crippen molar-refractivity contribution in [3.05, 3.63) is 58.1 Å². The van der Waals surface area contributed by atoms with Crippen molar-refractivity contribution in [3.63, 3.8) is 0 Å². The van der Waals surface area contributed by atoms with Crippen LogP contribution in [-0.2, 0) is 16.1 Å². The van der Waals surface area contributed by atoms with Crippen LogP contribution >= 0.6 is 0 Å². The summed E-state index contributed by atoms with van der Waals surface area (Å²) in [6, 6.07) is 3.26. The summed E-state index contributed by atoms with van der Waals surface area (Å²) in [4.78, 5) is 38.1. The fourth-order valence-electron chi connectivity index (χ4n) is 3.85. The fourth-order valence-corrected chi connectivity index (χ4v) is 3.85. The molecular formula is C21H21F2N3O7. The minimum absolute atomic E-state index is 0.0259. The third-order valence-corrected chi connectivity index (χ3v) is 5.53. The summed E-state index contributed by atoms with van der Waals surface area (Å²) in [6.07, 6.45) is -0.269. The standard InChI is InChI=1S/C21H21F2N3O7/c22-15-7-13(25-9-14(33-21(25)31)10-26-18(29)3-6-32-26)8-16(23)19(15)12-1-4-24(5-2-12)20(30)17(28)11-27/h1,3,6-8,14,17,27-28H,2,4-5,9-11H2/t14-,17+/m1/s1. The van der Waals surface area contributed by atoms with E-state index in [0.29, 0.717) is 5.57 Å². The van der Waals surface area contributed by atoms with Crippen molar-refractivity contribution in [3.8, 4) is 0 Å². The zero-order chi connectivity index (χ0) is 23.7. The van der Waals surface area contributed by atoms with E-state index in [-0.39, 0.29) is 43.9 Å². The van der Waals surface area contributed by atoms with Gasteiger partial charge in [0.25, 0.3) is 11.5 Å². The quantitative estimate of drug-likeness (QED) is 0.644. The third kappa shape index (κ3) is 4.52. The van der Waals surface area contributed by atoms with Gasteiger partial charge in [-0.1, -0.05) is 6.08 Å². The minimum atomic E-state index is -1.54. The van der Waals surface area contributed by atoms with Gasteiger partial charge in [0.15, 0.2) is 6.10 Å². The van der Waals surface area contributed by atoms with Gasteiger partial charge in [-0.2, -0.15) is 4.74 Å². The Morgan fingerprint density at radius 2 is 1.97 bits per heavy atom. The fraction of sp³-hybridized carbons (Fsp3) is 0.381. The SMILES string of the molecule is O=C([C@@H](O)CO)N1CC=C(c2c(F)cc(N3C[C@H](Cn4occc4=O)OC3=O)cc2F)CC1. The molecule has 0 aliphatic carbocycles. The van der Waals surface area contributed by atoms with Gasteiger partial charge in [-0.3, -0.25) is 14.5 Å². The summed E-state index contributed by atoms with van der Waals surface area (Å²) >= 11 is 0. The van der Waals surface area contributed by atoms with Crippen molar-refractivity contribution in [1.29, 1.82) is 0 Å². The van der Waals surface area contributed by atoms with Crippen LogP contribution in [0.15, 0.2) is 39.9 Å². The zero-order valence-electron chi connectivity index (χ0n) is 17.3. The lowest BCUT2D eigenvalue weighted by Gasteiger charge is -2.28. The van der Waals surface area contributed by atoms with Gasteiger partial charge in [0, 0.05) is 24.7 Å². The molecular weight excluding hydrogens is 444 g/mol. The predicted molar refractivity (Wildman–Crippen MR) is 109 cm³/mol. The van der Waals surface area contributed by atoms with E-state index in [1.807, 2.05) is 0 Å². The van der Waals surface area contributed by atoms with Crippen LogP contribution in [0.2, 0.25) is 0 Å². The third-order valence-electron chi connectivity index (χ3n) is 5.53. The highest BCUT2D eigenvalue weighted by Crippen LogP contribution is 2.32. The monoisotopic (exact) mass is 465 g/mol. The maximum absolute atomic E-state index is 14.9. The van der Waals surface area contributed by atoms with Gasteiger partial charge in [0.1, 0.15) is 24.0 Å². The van der Waals surface area contributed by atoms with Crippen LogP contribution in [0, 0.1) is 11.6 Å². The van der Waals surface area contributed by atoms with Crippen LogP contribution in [0.1, 0.15) is 12.0 Å². The van der Waals surface area contributed by atoms with Crippen molar-refractivity contribution in [1.82, 2.24) is 9.64 Å². The summed E-state index contributed by atoms with van der Waals surface area (Å²) in [5.74, 6) is -2.43. The molecule has 2 atom stereocenters. The van der Waals surface area contributed by atoms with E-state index < -0.39 is 48.0 Å². The summed E-state index contributed by atoms with van der Waals surface area (Å²) in [5.41, 5.74) is -0.358. The largest absolute Gasteiger partial charge is 0.442 e. The van der Waals surface area contributed by atoms with Crippen molar-refractivity contribution in [2.24, 2.45) is 0 Å². The van der Waals surface area contributed by atoms with E-state index >= 15 is 0 Å². The molecule has 3 heterocycles. The summed E-state index contributed by atoms with van der Waals surface area (Å²) in [7, 11) is 0. The Morgan fingerprint density at radius 1 is 1.24 bits per heavy atom. The van der Waals surface area contributed by atoms with E-state index in [1.54, 1.807) is 0 Å². The van der Waals surface area contributed by atoms with E-state index in [1.165, 1.54) is 23.3 Å². The molecule has 0 unspecified atom stereocenters. The summed E-state index contributed by atoms with van der Waals surface area (Å²) < 4.78 is 41.0. The number of carbonyl (C=O) groups excluding carboxylic acids is 2. The van der Waals surface area contributed by atoms with Crippen molar-refractivity contribution in [2.75, 3.05) is 31.1 Å². The number of halogens is 2. The number of aliphatic hydroxyl groups is 2. The number of aliphatic hydroxyl groups excluding tert-OH is 2. The van der Waals surface area contributed by atoms with Gasteiger partial charge in [0.2, 0.25) is 0 Å². The normalized spacial score (nSPS) is 19.5. The number of cyclic esters (lactones) is 1. The molecule has 176 valence electrons. The second kappa shape index (κ2) is 9.16. The Morgan fingerprint density at radius 3 is 2.55 bits per heavy atom. The van der Waals surface area contributed by atoms with Crippen LogP contribution in [0.25, 0.3) is 5.57 Å². The first kappa shape index (κ1) is 22.7. The molecule has 2 amide bonds. The predicted octanol–water partition coefficient (Wildman–Crippen LogP) is 0.714. The van der Waals surface area contributed by atoms with Crippen molar-refractivity contribution >= 4 is 23.3 Å². The van der Waals surface area contributed by atoms with Gasteiger partial charge in [0.05, 0.1) is 25.4 Å². The molecule has 1 aromatic heterocycles. The van der Waals surface area contributed by atoms with Crippen molar-refractivity contribution in [2.45, 2.75) is 25.2 Å². The number of benzene rings is 1. The Bertz CT molecular complexity index is 1140. The summed E-state index contributed by atoms with van der Waals surface area (Å²) in [5, 5.41) is 18.4. The number of aromatic nitrogens is 1. The molecule has 1 saturated heterocycles. The smallest absolute Gasteiger partial charge is 0.414 e. The average Bonchev–Trinajstić information content (AvgIpc) is 3.37. The van der Waals surface area contributed by atoms with Crippen LogP contribution in [0.3, 0.4) is 0 Å². The number of hydrogen-bond donors (Lipinski definition) is 2. The first-order valence-corrected chi connectivity index (χ1v) is 10.2. The number of anilines is 1. The van der Waals surface area contributed by atoms with Gasteiger partial charge in [-0.05, 0) is 24.1 Å². The number of nitrogens with zero attached hydrogens (tertiary/aromatic N) is 3. The molecule has 12 heteroatoms. The second-order valence-electron chi connectivity index (χ2n) is 7.67. The highest BCUT2D eigenvalue weighted by atomic mass is 19.1. The molecule has 0 radical (unpaired) electrons. The number of rotatable bonds is 6. The van der Waals surface area contributed by atoms with Crippen LogP contribution in [0.4, 0.5) is 19.3 Å². The molecule has 0 spiro atoms. The molecule has 0 saturated carbocycles. The lowest BCUT2D eigenvalue weighted by atomic mass is 9.97. The Hall–Kier alpha value is -3.51. The average molecular weight is 465 g/mol. The molecule has 2 aromatic rings. The van der Waals surface area contributed by atoms with E-state index in [0.717, 1.165) is 21.8 Å². The minimum Gasteiger partial charge on any atom is -0.442 e. The van der Waals surface area contributed by atoms with Gasteiger partial charge in [-0.25, -0.2) is 13.6 Å². The molecule has 1 fully saturated rings. The number of hydrogen-bond acceptors (Lipinski definition) is 7. The molecule has 2 N–H and O–H groups in total. The maximum Gasteiger partial charge on any atom is 0.414 e. The topological polar surface area (TPSA) is 125 Å². The highest BCUT2D eigenvalue weighted by molar-refractivity contribution is 5.90. The molecule has 0 bridgehead atoms. The number of ether oxygens (including phenoxy) is 1. The first-order valence-electron chi connectivity index (χ1n) is 10.2. The highest BCUT2D eigenvalue weighted by Gasteiger charge is 2.34. The molecule has 1 aromatic carbocycles. The van der Waals surface area contributed by atoms with Crippen LogP contribution in [-0.4, -0.2) is 70.3 Å². The molecule has 2 aliphatic heterocycles. The van der Waals surface area contributed by atoms with Gasteiger partial charge in [-0.15, -0.1) is 0 Å². The Balaban J connectivity index is 1.49. The Kier molecular flexibility index (Phi) is 6.29. The lowest BCUT2D eigenvalue weighted by Crippen LogP contribution is -2.42.